The average Bonchev–Trinajstić information content (AvgIpc) is 2.42. The second kappa shape index (κ2) is 6.38. The third-order valence-corrected chi connectivity index (χ3v) is 4.17. The first-order valence-electron chi connectivity index (χ1n) is 5.96. The van der Waals surface area contributed by atoms with E-state index in [4.69, 9.17) is 5.14 Å². The Morgan fingerprint density at radius 3 is 2.48 bits per heavy atom. The van der Waals surface area contributed by atoms with E-state index in [0.29, 0.717) is 12.1 Å². The SMILES string of the molecule is NS(=O)(=O)c1ccc(CN=Cc2cc(Br)ccc2O)cc1. The molecule has 0 atom stereocenters. The van der Waals surface area contributed by atoms with E-state index in [-0.39, 0.29) is 10.6 Å². The van der Waals surface area contributed by atoms with E-state index in [2.05, 4.69) is 20.9 Å². The number of nitrogens with zero attached hydrogens (tertiary/aromatic N) is 1. The number of halogens is 1. The molecule has 0 aromatic heterocycles. The molecule has 0 saturated carbocycles. The van der Waals surface area contributed by atoms with Crippen LogP contribution in [0.3, 0.4) is 0 Å². The van der Waals surface area contributed by atoms with Gasteiger partial charge in [-0.1, -0.05) is 28.1 Å². The lowest BCUT2D eigenvalue weighted by Crippen LogP contribution is -2.11. The zero-order chi connectivity index (χ0) is 15.5. The second-order valence-electron chi connectivity index (χ2n) is 4.36. The van der Waals surface area contributed by atoms with Gasteiger partial charge in [0.15, 0.2) is 0 Å². The number of hydrogen-bond donors (Lipinski definition) is 2. The van der Waals surface area contributed by atoms with Crippen LogP contribution in [0.1, 0.15) is 11.1 Å². The first-order valence-corrected chi connectivity index (χ1v) is 8.30. The lowest BCUT2D eigenvalue weighted by molar-refractivity contribution is 0.474. The molecule has 2 aromatic rings. The predicted octanol–water partition coefficient (Wildman–Crippen LogP) is 2.42. The number of nitrogens with two attached hydrogens (primary N) is 1. The highest BCUT2D eigenvalue weighted by molar-refractivity contribution is 9.10. The molecule has 0 radical (unpaired) electrons. The number of aliphatic imine (C=N–C) groups is 1. The number of primary sulfonamides is 1. The van der Waals surface area contributed by atoms with Gasteiger partial charge in [-0.3, -0.25) is 4.99 Å². The van der Waals surface area contributed by atoms with Crippen LogP contribution in [0, 0.1) is 0 Å². The summed E-state index contributed by atoms with van der Waals surface area (Å²) in [6, 6.07) is 11.2. The van der Waals surface area contributed by atoms with Gasteiger partial charge >= 0.3 is 0 Å². The van der Waals surface area contributed by atoms with Gasteiger partial charge in [0, 0.05) is 16.3 Å². The fraction of sp³-hybridized carbons (Fsp3) is 0.0714. The van der Waals surface area contributed by atoms with Crippen molar-refractivity contribution in [1.82, 2.24) is 0 Å². The van der Waals surface area contributed by atoms with E-state index in [1.54, 1.807) is 36.5 Å². The summed E-state index contributed by atoms with van der Waals surface area (Å²) < 4.78 is 23.1. The molecule has 110 valence electrons. The molecule has 0 bridgehead atoms. The smallest absolute Gasteiger partial charge is 0.238 e. The van der Waals surface area contributed by atoms with Gasteiger partial charge in [-0.25, -0.2) is 13.6 Å². The lowest BCUT2D eigenvalue weighted by Gasteiger charge is -2.01. The lowest BCUT2D eigenvalue weighted by atomic mass is 10.2. The minimum atomic E-state index is -3.67. The first kappa shape index (κ1) is 15.7. The van der Waals surface area contributed by atoms with Crippen LogP contribution in [0.5, 0.6) is 5.75 Å². The summed E-state index contributed by atoms with van der Waals surface area (Å²) in [6.07, 6.45) is 1.56. The molecule has 0 saturated heterocycles. The summed E-state index contributed by atoms with van der Waals surface area (Å²) in [6.45, 7) is 0.372. The fourth-order valence-corrected chi connectivity index (χ4v) is 2.56. The minimum absolute atomic E-state index is 0.0693. The number of phenolic OH excluding ortho intramolecular Hbond substituents is 1. The number of hydrogen-bond acceptors (Lipinski definition) is 4. The van der Waals surface area contributed by atoms with Crippen molar-refractivity contribution < 1.29 is 13.5 Å². The van der Waals surface area contributed by atoms with Crippen LogP contribution in [0.15, 0.2) is 56.8 Å². The van der Waals surface area contributed by atoms with Gasteiger partial charge in [-0.2, -0.15) is 0 Å². The number of benzene rings is 2. The molecule has 0 spiro atoms. The molecule has 2 rings (SSSR count). The van der Waals surface area contributed by atoms with Gasteiger partial charge in [0.2, 0.25) is 10.0 Å². The van der Waals surface area contributed by atoms with Crippen molar-refractivity contribution in [3.8, 4) is 5.75 Å². The second-order valence-corrected chi connectivity index (χ2v) is 6.84. The summed E-state index contributed by atoms with van der Waals surface area (Å²) in [4.78, 5) is 4.29. The van der Waals surface area contributed by atoms with E-state index < -0.39 is 10.0 Å². The highest BCUT2D eigenvalue weighted by atomic mass is 79.9. The van der Waals surface area contributed by atoms with E-state index >= 15 is 0 Å². The predicted molar refractivity (Wildman–Crippen MR) is 84.9 cm³/mol. The van der Waals surface area contributed by atoms with E-state index in [9.17, 15) is 13.5 Å². The Balaban J connectivity index is 2.09. The van der Waals surface area contributed by atoms with Crippen LogP contribution in [0.2, 0.25) is 0 Å². The molecule has 21 heavy (non-hydrogen) atoms. The summed E-state index contributed by atoms with van der Waals surface area (Å²) in [7, 11) is -3.67. The minimum Gasteiger partial charge on any atom is -0.507 e. The monoisotopic (exact) mass is 368 g/mol. The van der Waals surface area contributed by atoms with Crippen LogP contribution in [-0.2, 0) is 16.6 Å². The Bertz CT molecular complexity index is 771. The van der Waals surface area contributed by atoms with Crippen molar-refractivity contribution in [2.45, 2.75) is 11.4 Å². The molecule has 2 aromatic carbocycles. The highest BCUT2D eigenvalue weighted by Crippen LogP contribution is 2.20. The maximum atomic E-state index is 11.1. The first-order chi connectivity index (χ1) is 9.86. The standard InChI is InChI=1S/C14H13BrN2O3S/c15-12-3-6-14(18)11(7-12)9-17-8-10-1-4-13(5-2-10)21(16,19)20/h1-7,9,18H,8H2,(H2,16,19,20). The van der Waals surface area contributed by atoms with Crippen molar-refractivity contribution >= 4 is 32.2 Å². The molecule has 0 aliphatic carbocycles. The maximum Gasteiger partial charge on any atom is 0.238 e. The van der Waals surface area contributed by atoms with Gasteiger partial charge in [0.25, 0.3) is 0 Å². The van der Waals surface area contributed by atoms with Crippen molar-refractivity contribution in [2.24, 2.45) is 10.1 Å². The van der Waals surface area contributed by atoms with Crippen molar-refractivity contribution in [2.75, 3.05) is 0 Å². The Labute approximate surface area is 131 Å². The van der Waals surface area contributed by atoms with Gasteiger partial charge in [-0.05, 0) is 35.9 Å². The summed E-state index contributed by atoms with van der Waals surface area (Å²) in [5.74, 6) is 0.145. The third-order valence-electron chi connectivity index (χ3n) is 2.75. The van der Waals surface area contributed by atoms with Crippen LogP contribution in [0.4, 0.5) is 0 Å². The number of phenols is 1. The molecular weight excluding hydrogens is 356 g/mol. The van der Waals surface area contributed by atoms with Crippen molar-refractivity contribution in [1.29, 1.82) is 0 Å². The molecule has 3 N–H and O–H groups in total. The highest BCUT2D eigenvalue weighted by Gasteiger charge is 2.06. The zero-order valence-corrected chi connectivity index (χ0v) is 13.3. The summed E-state index contributed by atoms with van der Waals surface area (Å²) in [5.41, 5.74) is 1.44. The van der Waals surface area contributed by atoms with E-state index in [1.807, 2.05) is 0 Å². The largest absolute Gasteiger partial charge is 0.507 e. The van der Waals surface area contributed by atoms with Crippen molar-refractivity contribution in [3.05, 3.63) is 58.1 Å². The van der Waals surface area contributed by atoms with Crippen molar-refractivity contribution in [3.63, 3.8) is 0 Å². The molecule has 0 aliphatic heterocycles. The van der Waals surface area contributed by atoms with Crippen LogP contribution >= 0.6 is 15.9 Å². The quantitative estimate of drug-likeness (QED) is 0.811. The maximum absolute atomic E-state index is 11.1. The van der Waals surface area contributed by atoms with E-state index in [1.165, 1.54) is 12.1 Å². The molecule has 5 nitrogen and oxygen atoms in total. The molecular formula is C14H13BrN2O3S. The van der Waals surface area contributed by atoms with Gasteiger partial charge in [-0.15, -0.1) is 0 Å². The molecule has 0 fully saturated rings. The molecule has 0 aliphatic rings. The number of sulfonamides is 1. The Morgan fingerprint density at radius 2 is 1.86 bits per heavy atom. The number of rotatable bonds is 4. The fourth-order valence-electron chi connectivity index (χ4n) is 1.66. The van der Waals surface area contributed by atoms with Crippen LogP contribution in [0.25, 0.3) is 0 Å². The topological polar surface area (TPSA) is 92.8 Å². The molecule has 7 heteroatoms. The third kappa shape index (κ3) is 4.38. The van der Waals surface area contributed by atoms with Crippen LogP contribution in [-0.4, -0.2) is 19.7 Å². The zero-order valence-electron chi connectivity index (χ0n) is 10.9. The molecule has 0 heterocycles. The van der Waals surface area contributed by atoms with Gasteiger partial charge in [0.05, 0.1) is 11.4 Å². The van der Waals surface area contributed by atoms with Crippen LogP contribution < -0.4 is 5.14 Å². The average molecular weight is 369 g/mol. The summed E-state index contributed by atoms with van der Waals surface area (Å²) >= 11 is 3.32. The molecule has 0 unspecified atom stereocenters. The number of aromatic hydroxyl groups is 1. The Kier molecular flexibility index (Phi) is 4.76. The summed E-state index contributed by atoms with van der Waals surface area (Å²) in [5, 5.41) is 14.7. The van der Waals surface area contributed by atoms with E-state index in [0.717, 1.165) is 10.0 Å². The Morgan fingerprint density at radius 1 is 1.19 bits per heavy atom. The van der Waals surface area contributed by atoms with Gasteiger partial charge in [0.1, 0.15) is 5.75 Å². The van der Waals surface area contributed by atoms with Gasteiger partial charge < -0.3 is 5.11 Å². The Hall–Kier alpha value is -1.70. The normalized spacial score (nSPS) is 11.9. The molecule has 0 amide bonds.